The van der Waals surface area contributed by atoms with Gasteiger partial charge in [0, 0.05) is 6.42 Å². The first kappa shape index (κ1) is 13.3. The summed E-state index contributed by atoms with van der Waals surface area (Å²) in [6.07, 6.45) is 3.46. The van der Waals surface area contributed by atoms with E-state index in [1.54, 1.807) is 7.11 Å². The third-order valence-electron chi connectivity index (χ3n) is 2.72. The minimum absolute atomic E-state index is 0.187. The number of hydrogen-bond acceptors (Lipinski definition) is 2. The van der Waals surface area contributed by atoms with Crippen molar-refractivity contribution in [3.05, 3.63) is 42.5 Å². The molecule has 0 saturated heterocycles. The van der Waals surface area contributed by atoms with Crippen molar-refractivity contribution in [3.63, 3.8) is 0 Å². The molecule has 1 aromatic carbocycles. The maximum Gasteiger partial charge on any atom is 0.303 e. The van der Waals surface area contributed by atoms with Crippen LogP contribution in [0.25, 0.3) is 0 Å². The van der Waals surface area contributed by atoms with Crippen LogP contribution in [-0.2, 0) is 11.2 Å². The number of aliphatic carboxylic acids is 1. The lowest BCUT2D eigenvalue weighted by atomic mass is 9.95. The average molecular weight is 234 g/mol. The summed E-state index contributed by atoms with van der Waals surface area (Å²) in [5.41, 5.74) is 1.17. The summed E-state index contributed by atoms with van der Waals surface area (Å²) in [5, 5.41) is 8.64. The second-order valence-electron chi connectivity index (χ2n) is 3.98. The largest absolute Gasteiger partial charge is 0.497 e. The Morgan fingerprint density at radius 3 is 2.59 bits per heavy atom. The molecule has 0 aliphatic heterocycles. The van der Waals surface area contributed by atoms with Gasteiger partial charge in [-0.15, -0.1) is 6.58 Å². The smallest absolute Gasteiger partial charge is 0.303 e. The van der Waals surface area contributed by atoms with Crippen LogP contribution in [-0.4, -0.2) is 18.2 Å². The van der Waals surface area contributed by atoms with E-state index < -0.39 is 5.97 Å². The summed E-state index contributed by atoms with van der Waals surface area (Å²) >= 11 is 0. The van der Waals surface area contributed by atoms with Gasteiger partial charge in [0.25, 0.3) is 0 Å². The predicted molar refractivity (Wildman–Crippen MR) is 67.3 cm³/mol. The normalized spacial score (nSPS) is 11.8. The molecule has 0 bridgehead atoms. The third-order valence-corrected chi connectivity index (χ3v) is 2.72. The van der Waals surface area contributed by atoms with Crippen LogP contribution in [0.3, 0.4) is 0 Å². The van der Waals surface area contributed by atoms with E-state index in [4.69, 9.17) is 9.84 Å². The minimum Gasteiger partial charge on any atom is -0.497 e. The van der Waals surface area contributed by atoms with E-state index in [0.29, 0.717) is 6.42 Å². The van der Waals surface area contributed by atoms with Crippen LogP contribution in [0, 0.1) is 5.92 Å². The molecule has 3 heteroatoms. The zero-order valence-corrected chi connectivity index (χ0v) is 10.1. The molecule has 0 radical (unpaired) electrons. The maximum atomic E-state index is 10.5. The standard InChI is InChI=1S/C14H18O3/c1-3-11(6-9-14(15)16)10-12-4-7-13(17-2)8-5-12/h3-5,7-8,11H,1,6,9-10H2,2H3,(H,15,16). The van der Waals surface area contributed by atoms with E-state index in [1.807, 2.05) is 30.3 Å². The zero-order chi connectivity index (χ0) is 12.7. The molecule has 1 atom stereocenters. The molecular weight excluding hydrogens is 216 g/mol. The first-order valence-corrected chi connectivity index (χ1v) is 5.63. The van der Waals surface area contributed by atoms with Gasteiger partial charge in [-0.2, -0.15) is 0 Å². The van der Waals surface area contributed by atoms with Gasteiger partial charge in [-0.25, -0.2) is 0 Å². The van der Waals surface area contributed by atoms with Crippen molar-refractivity contribution in [2.24, 2.45) is 5.92 Å². The number of carbonyl (C=O) groups is 1. The van der Waals surface area contributed by atoms with E-state index in [-0.39, 0.29) is 12.3 Å². The highest BCUT2D eigenvalue weighted by Crippen LogP contribution is 2.18. The monoisotopic (exact) mass is 234 g/mol. The topological polar surface area (TPSA) is 46.5 Å². The molecule has 1 rings (SSSR count). The van der Waals surface area contributed by atoms with Gasteiger partial charge in [0.2, 0.25) is 0 Å². The van der Waals surface area contributed by atoms with Gasteiger partial charge in [-0.05, 0) is 36.5 Å². The van der Waals surface area contributed by atoms with E-state index in [1.165, 1.54) is 5.56 Å². The first-order chi connectivity index (χ1) is 8.15. The molecule has 3 nitrogen and oxygen atoms in total. The lowest BCUT2D eigenvalue weighted by Crippen LogP contribution is -2.05. The molecule has 0 amide bonds. The molecule has 0 aliphatic carbocycles. The van der Waals surface area contributed by atoms with E-state index in [0.717, 1.165) is 12.2 Å². The fourth-order valence-electron chi connectivity index (χ4n) is 1.68. The van der Waals surface area contributed by atoms with E-state index in [9.17, 15) is 4.79 Å². The molecule has 0 saturated carbocycles. The molecule has 17 heavy (non-hydrogen) atoms. The molecule has 0 spiro atoms. The van der Waals surface area contributed by atoms with E-state index >= 15 is 0 Å². The molecule has 0 aliphatic rings. The van der Waals surface area contributed by atoms with Crippen LogP contribution in [0.5, 0.6) is 5.75 Å². The maximum absolute atomic E-state index is 10.5. The number of benzene rings is 1. The lowest BCUT2D eigenvalue weighted by molar-refractivity contribution is -0.137. The highest BCUT2D eigenvalue weighted by molar-refractivity contribution is 5.66. The lowest BCUT2D eigenvalue weighted by Gasteiger charge is -2.11. The van der Waals surface area contributed by atoms with Crippen LogP contribution in [0.4, 0.5) is 0 Å². The molecule has 92 valence electrons. The Labute approximate surface area is 102 Å². The van der Waals surface area contributed by atoms with Crippen molar-refractivity contribution in [2.75, 3.05) is 7.11 Å². The van der Waals surface area contributed by atoms with Gasteiger partial charge >= 0.3 is 5.97 Å². The summed E-state index contributed by atoms with van der Waals surface area (Å²) in [6.45, 7) is 3.75. The van der Waals surface area contributed by atoms with Gasteiger partial charge in [-0.1, -0.05) is 18.2 Å². The van der Waals surface area contributed by atoms with Crippen LogP contribution in [0.1, 0.15) is 18.4 Å². The Morgan fingerprint density at radius 2 is 2.12 bits per heavy atom. The Bertz CT molecular complexity index is 368. The van der Waals surface area contributed by atoms with E-state index in [2.05, 4.69) is 6.58 Å². The second-order valence-corrected chi connectivity index (χ2v) is 3.98. The van der Waals surface area contributed by atoms with Crippen molar-refractivity contribution >= 4 is 5.97 Å². The quantitative estimate of drug-likeness (QED) is 0.738. The van der Waals surface area contributed by atoms with Gasteiger partial charge in [0.05, 0.1) is 7.11 Å². The first-order valence-electron chi connectivity index (χ1n) is 5.63. The van der Waals surface area contributed by atoms with Gasteiger partial charge in [-0.3, -0.25) is 4.79 Å². The van der Waals surface area contributed by atoms with Crippen LogP contribution >= 0.6 is 0 Å². The third kappa shape index (κ3) is 4.72. The number of rotatable bonds is 7. The molecule has 0 fully saturated rings. The summed E-state index contributed by atoms with van der Waals surface area (Å²) in [7, 11) is 1.63. The number of allylic oxidation sites excluding steroid dienone is 1. The van der Waals surface area contributed by atoms with Crippen molar-refractivity contribution in [2.45, 2.75) is 19.3 Å². The molecule has 1 N–H and O–H groups in total. The summed E-state index contributed by atoms with van der Waals surface area (Å²) in [6, 6.07) is 7.81. The average Bonchev–Trinajstić information content (AvgIpc) is 2.35. The SMILES string of the molecule is C=CC(CCC(=O)O)Cc1ccc(OC)cc1. The van der Waals surface area contributed by atoms with Gasteiger partial charge in [0.15, 0.2) is 0 Å². The second kappa shape index (κ2) is 6.74. The Kier molecular flexibility index (Phi) is 5.27. The molecule has 0 aromatic heterocycles. The Morgan fingerprint density at radius 1 is 1.47 bits per heavy atom. The molecular formula is C14H18O3. The number of carboxylic acids is 1. The van der Waals surface area contributed by atoms with Crippen LogP contribution in [0.15, 0.2) is 36.9 Å². The Hall–Kier alpha value is -1.77. The van der Waals surface area contributed by atoms with Crippen LogP contribution < -0.4 is 4.74 Å². The minimum atomic E-state index is -0.758. The molecule has 1 aromatic rings. The summed E-state index contributed by atoms with van der Waals surface area (Å²) < 4.78 is 5.08. The highest BCUT2D eigenvalue weighted by atomic mass is 16.5. The van der Waals surface area contributed by atoms with Crippen molar-refractivity contribution in [3.8, 4) is 5.75 Å². The number of methoxy groups -OCH3 is 1. The van der Waals surface area contributed by atoms with Gasteiger partial charge in [0.1, 0.15) is 5.75 Å². The molecule has 0 heterocycles. The summed E-state index contributed by atoms with van der Waals surface area (Å²) in [5.74, 6) is 0.278. The highest BCUT2D eigenvalue weighted by Gasteiger charge is 2.08. The zero-order valence-electron chi connectivity index (χ0n) is 10.1. The van der Waals surface area contributed by atoms with Crippen molar-refractivity contribution in [1.82, 2.24) is 0 Å². The molecule has 1 unspecified atom stereocenters. The number of carboxylic acid groups (broad SMARTS) is 1. The number of hydrogen-bond donors (Lipinski definition) is 1. The number of ether oxygens (including phenoxy) is 1. The fourth-order valence-corrected chi connectivity index (χ4v) is 1.68. The predicted octanol–water partition coefficient (Wildman–Crippen LogP) is 2.90. The van der Waals surface area contributed by atoms with Crippen molar-refractivity contribution < 1.29 is 14.6 Å². The van der Waals surface area contributed by atoms with Gasteiger partial charge < -0.3 is 9.84 Å². The fraction of sp³-hybridized carbons (Fsp3) is 0.357. The van der Waals surface area contributed by atoms with Crippen LogP contribution in [0.2, 0.25) is 0 Å². The Balaban J connectivity index is 2.54. The summed E-state index contributed by atoms with van der Waals surface area (Å²) in [4.78, 5) is 10.5. The van der Waals surface area contributed by atoms with Crippen molar-refractivity contribution in [1.29, 1.82) is 0 Å².